The van der Waals surface area contributed by atoms with Crippen molar-refractivity contribution in [3.63, 3.8) is 0 Å². The number of carboxylic acids is 1. The monoisotopic (exact) mass is 338 g/mol. The maximum atomic E-state index is 12.1. The van der Waals surface area contributed by atoms with Gasteiger partial charge in [0.1, 0.15) is 0 Å². The van der Waals surface area contributed by atoms with Crippen LogP contribution in [0.3, 0.4) is 0 Å². The molecule has 23 heavy (non-hydrogen) atoms. The van der Waals surface area contributed by atoms with Crippen LogP contribution in [0.5, 0.6) is 0 Å². The van der Waals surface area contributed by atoms with Crippen molar-refractivity contribution in [1.29, 1.82) is 0 Å². The van der Waals surface area contributed by atoms with Gasteiger partial charge in [-0.2, -0.15) is 0 Å². The van der Waals surface area contributed by atoms with Gasteiger partial charge in [-0.25, -0.2) is 13.2 Å². The molecule has 0 fully saturated rings. The molecule has 1 amide bonds. The molecule has 0 aliphatic carbocycles. The molecule has 9 heteroatoms. The number of carbonyl (C=O) groups excluding carboxylic acids is 1. The highest BCUT2D eigenvalue weighted by Crippen LogP contribution is 2.25. The molecule has 0 aliphatic rings. The molecule has 0 atom stereocenters. The number of aromatic carboxylic acids is 1. The number of hydrogen-bond acceptors (Lipinski definition) is 5. The molecule has 122 valence electrons. The molecule has 0 unspecified atom stereocenters. The average Bonchev–Trinajstić information content (AvgIpc) is 2.90. The smallest absolute Gasteiger partial charge is 0.371 e. The van der Waals surface area contributed by atoms with E-state index in [1.807, 2.05) is 0 Å². The molecular weight excluding hydrogens is 324 g/mol. The van der Waals surface area contributed by atoms with Gasteiger partial charge >= 0.3 is 5.97 Å². The molecule has 0 aliphatic heterocycles. The third-order valence-corrected chi connectivity index (χ3v) is 3.35. The van der Waals surface area contributed by atoms with Gasteiger partial charge in [-0.3, -0.25) is 9.52 Å². The Morgan fingerprint density at radius 3 is 2.30 bits per heavy atom. The van der Waals surface area contributed by atoms with Gasteiger partial charge in [-0.05, 0) is 36.8 Å². The fourth-order valence-corrected chi connectivity index (χ4v) is 2.39. The number of amides is 1. The Hall–Kier alpha value is -2.81. The van der Waals surface area contributed by atoms with Gasteiger partial charge < -0.3 is 14.8 Å². The molecule has 1 aromatic heterocycles. The summed E-state index contributed by atoms with van der Waals surface area (Å²) in [5, 5.41) is 11.3. The van der Waals surface area contributed by atoms with E-state index in [-0.39, 0.29) is 22.9 Å². The first-order valence-corrected chi connectivity index (χ1v) is 8.28. The molecule has 0 spiro atoms. The predicted octanol–water partition coefficient (Wildman–Crippen LogP) is 1.91. The molecule has 1 heterocycles. The molecule has 2 aromatic rings. The number of nitrogens with one attached hydrogen (secondary N) is 2. The molecule has 0 radical (unpaired) electrons. The van der Waals surface area contributed by atoms with E-state index in [9.17, 15) is 18.0 Å². The van der Waals surface area contributed by atoms with Gasteiger partial charge in [0.05, 0.1) is 17.6 Å². The Kier molecular flexibility index (Phi) is 4.41. The molecule has 0 saturated heterocycles. The van der Waals surface area contributed by atoms with Crippen LogP contribution < -0.4 is 10.0 Å². The van der Waals surface area contributed by atoms with E-state index in [1.54, 1.807) is 19.1 Å². The number of aryl methyl sites for hydroxylation is 1. The van der Waals surface area contributed by atoms with Crippen molar-refractivity contribution in [1.82, 2.24) is 0 Å². The second-order valence-corrected chi connectivity index (χ2v) is 6.59. The van der Waals surface area contributed by atoms with Gasteiger partial charge in [-0.1, -0.05) is 6.07 Å². The molecule has 0 bridgehead atoms. The van der Waals surface area contributed by atoms with Gasteiger partial charge in [0, 0.05) is 0 Å². The highest BCUT2D eigenvalue weighted by Gasteiger charge is 2.17. The Balaban J connectivity index is 2.29. The zero-order valence-corrected chi connectivity index (χ0v) is 13.1. The van der Waals surface area contributed by atoms with Gasteiger partial charge in [0.25, 0.3) is 5.91 Å². The number of hydrogen-bond donors (Lipinski definition) is 3. The average molecular weight is 338 g/mol. The van der Waals surface area contributed by atoms with Crippen LogP contribution >= 0.6 is 0 Å². The van der Waals surface area contributed by atoms with E-state index in [2.05, 4.69) is 10.0 Å². The van der Waals surface area contributed by atoms with Crippen molar-refractivity contribution in [2.45, 2.75) is 6.92 Å². The van der Waals surface area contributed by atoms with E-state index >= 15 is 0 Å². The van der Waals surface area contributed by atoms with Crippen molar-refractivity contribution >= 4 is 33.3 Å². The Morgan fingerprint density at radius 1 is 1.09 bits per heavy atom. The SMILES string of the molecule is Cc1ccc(NS(C)(=O)=O)c(NC(=O)c2ccc(C(=O)O)o2)c1. The number of benzene rings is 1. The standard InChI is InChI=1S/C14H14N2O6S/c1-8-3-4-9(16-23(2,20)21)10(7-8)15-13(17)11-5-6-12(22-11)14(18)19/h3-7,16H,1-2H3,(H,15,17)(H,18,19). The first-order valence-electron chi connectivity index (χ1n) is 6.38. The Morgan fingerprint density at radius 2 is 1.74 bits per heavy atom. The summed E-state index contributed by atoms with van der Waals surface area (Å²) < 4.78 is 29.9. The summed E-state index contributed by atoms with van der Waals surface area (Å²) in [5.41, 5.74) is 1.22. The van der Waals surface area contributed by atoms with E-state index in [0.29, 0.717) is 0 Å². The summed E-state index contributed by atoms with van der Waals surface area (Å²) in [7, 11) is -3.52. The van der Waals surface area contributed by atoms with Crippen LogP contribution in [0.2, 0.25) is 0 Å². The van der Waals surface area contributed by atoms with Crippen molar-refractivity contribution in [2.75, 3.05) is 16.3 Å². The van der Waals surface area contributed by atoms with E-state index < -0.39 is 21.9 Å². The molecule has 8 nitrogen and oxygen atoms in total. The fraction of sp³-hybridized carbons (Fsp3) is 0.143. The number of carboxylic acid groups (broad SMARTS) is 1. The summed E-state index contributed by atoms with van der Waals surface area (Å²) in [6.07, 6.45) is 0.990. The topological polar surface area (TPSA) is 126 Å². The lowest BCUT2D eigenvalue weighted by Gasteiger charge is -2.12. The van der Waals surface area contributed by atoms with E-state index in [4.69, 9.17) is 9.52 Å². The lowest BCUT2D eigenvalue weighted by Crippen LogP contribution is -2.15. The number of furan rings is 1. The summed E-state index contributed by atoms with van der Waals surface area (Å²) in [6, 6.07) is 7.14. The Bertz CT molecular complexity index is 869. The van der Waals surface area contributed by atoms with Crippen LogP contribution in [0.4, 0.5) is 11.4 Å². The second kappa shape index (κ2) is 6.13. The Labute approximate surface area is 132 Å². The minimum Gasteiger partial charge on any atom is -0.475 e. The summed E-state index contributed by atoms with van der Waals surface area (Å²) in [5.74, 6) is -2.55. The summed E-state index contributed by atoms with van der Waals surface area (Å²) in [6.45, 7) is 1.77. The van der Waals surface area contributed by atoms with Crippen molar-refractivity contribution in [3.8, 4) is 0 Å². The van der Waals surface area contributed by atoms with Crippen LogP contribution in [0.25, 0.3) is 0 Å². The minimum atomic E-state index is -3.52. The largest absolute Gasteiger partial charge is 0.475 e. The molecular formula is C14H14N2O6S. The quantitative estimate of drug-likeness (QED) is 0.764. The van der Waals surface area contributed by atoms with Crippen LogP contribution in [0.15, 0.2) is 34.7 Å². The summed E-state index contributed by atoms with van der Waals surface area (Å²) >= 11 is 0. The molecule has 2 rings (SSSR count). The van der Waals surface area contributed by atoms with Crippen molar-refractivity contribution < 1.29 is 27.5 Å². The maximum absolute atomic E-state index is 12.1. The van der Waals surface area contributed by atoms with E-state index in [1.165, 1.54) is 12.1 Å². The van der Waals surface area contributed by atoms with Crippen molar-refractivity contribution in [2.24, 2.45) is 0 Å². The number of rotatable bonds is 5. The predicted molar refractivity (Wildman–Crippen MR) is 83.3 cm³/mol. The van der Waals surface area contributed by atoms with Crippen LogP contribution in [0, 0.1) is 6.92 Å². The van der Waals surface area contributed by atoms with Crippen molar-refractivity contribution in [3.05, 3.63) is 47.4 Å². The number of anilines is 2. The lowest BCUT2D eigenvalue weighted by atomic mass is 10.2. The number of carbonyl (C=O) groups is 2. The second-order valence-electron chi connectivity index (χ2n) is 4.85. The molecule has 0 saturated carbocycles. The highest BCUT2D eigenvalue weighted by molar-refractivity contribution is 7.92. The third kappa shape index (κ3) is 4.33. The maximum Gasteiger partial charge on any atom is 0.371 e. The zero-order valence-electron chi connectivity index (χ0n) is 12.3. The van der Waals surface area contributed by atoms with Gasteiger partial charge in [0.2, 0.25) is 15.8 Å². The van der Waals surface area contributed by atoms with E-state index in [0.717, 1.165) is 17.9 Å². The van der Waals surface area contributed by atoms with Crippen LogP contribution in [-0.4, -0.2) is 31.7 Å². The highest BCUT2D eigenvalue weighted by atomic mass is 32.2. The van der Waals surface area contributed by atoms with Crippen LogP contribution in [0.1, 0.15) is 26.7 Å². The normalized spacial score (nSPS) is 11.0. The van der Waals surface area contributed by atoms with Gasteiger partial charge in [-0.15, -0.1) is 0 Å². The molecule has 3 N–H and O–H groups in total. The number of sulfonamides is 1. The van der Waals surface area contributed by atoms with Gasteiger partial charge in [0.15, 0.2) is 5.76 Å². The first-order chi connectivity index (χ1) is 10.7. The van der Waals surface area contributed by atoms with Crippen LogP contribution in [-0.2, 0) is 10.0 Å². The minimum absolute atomic E-state index is 0.191. The summed E-state index contributed by atoms with van der Waals surface area (Å²) in [4.78, 5) is 22.9. The third-order valence-electron chi connectivity index (χ3n) is 2.76. The molecule has 1 aromatic carbocycles. The lowest BCUT2D eigenvalue weighted by molar-refractivity contribution is 0.0660. The zero-order chi connectivity index (χ0) is 17.2. The first kappa shape index (κ1) is 16.6. The fourth-order valence-electron chi connectivity index (χ4n) is 1.81.